The maximum atomic E-state index is 13.0. The normalized spacial score (nSPS) is 11.2. The summed E-state index contributed by atoms with van der Waals surface area (Å²) < 4.78 is 13.0. The Hall–Kier alpha value is -3.28. The van der Waals surface area contributed by atoms with Crippen molar-refractivity contribution in [3.05, 3.63) is 77.5 Å². The first kappa shape index (κ1) is 19.5. The van der Waals surface area contributed by atoms with Crippen molar-refractivity contribution < 1.29 is 9.18 Å². The third-order valence-corrected chi connectivity index (χ3v) is 4.20. The van der Waals surface area contributed by atoms with E-state index in [0.717, 1.165) is 5.69 Å². The molecule has 0 fully saturated rings. The minimum absolute atomic E-state index is 0.0790. The number of halogens is 1. The van der Waals surface area contributed by atoms with Crippen LogP contribution in [0.25, 0.3) is 0 Å². The van der Waals surface area contributed by atoms with Crippen molar-refractivity contribution in [2.45, 2.75) is 33.1 Å². The van der Waals surface area contributed by atoms with Gasteiger partial charge in [-0.1, -0.05) is 32.9 Å². The standard InChI is InChI=1S/C22H23FN4O/c1-14-24-19(21(28)27-18-11-7-16(23)8-12-18)13-20(25-14)26-17-9-5-15(6-10-17)22(2,3)4/h5-13H,1-4H3,(H,27,28)(H,24,25,26). The van der Waals surface area contributed by atoms with Crippen molar-refractivity contribution in [1.82, 2.24) is 9.97 Å². The number of carbonyl (C=O) groups excluding carboxylic acids is 1. The van der Waals surface area contributed by atoms with Crippen LogP contribution in [-0.4, -0.2) is 15.9 Å². The Morgan fingerprint density at radius 3 is 2.14 bits per heavy atom. The topological polar surface area (TPSA) is 66.9 Å². The Kier molecular flexibility index (Phi) is 5.40. The third-order valence-electron chi connectivity index (χ3n) is 4.20. The highest BCUT2D eigenvalue weighted by Crippen LogP contribution is 2.24. The Balaban J connectivity index is 1.77. The molecule has 0 aliphatic carbocycles. The van der Waals surface area contributed by atoms with E-state index in [1.165, 1.54) is 29.8 Å². The van der Waals surface area contributed by atoms with Crippen LogP contribution in [0.5, 0.6) is 0 Å². The molecular weight excluding hydrogens is 355 g/mol. The lowest BCUT2D eigenvalue weighted by Crippen LogP contribution is -2.15. The summed E-state index contributed by atoms with van der Waals surface area (Å²) in [4.78, 5) is 21.0. The Labute approximate surface area is 164 Å². The second-order valence-corrected chi connectivity index (χ2v) is 7.60. The van der Waals surface area contributed by atoms with Gasteiger partial charge in [-0.3, -0.25) is 4.79 Å². The number of benzene rings is 2. The first-order valence-corrected chi connectivity index (χ1v) is 9.01. The van der Waals surface area contributed by atoms with Gasteiger partial charge in [0.2, 0.25) is 0 Å². The van der Waals surface area contributed by atoms with E-state index in [1.807, 2.05) is 12.1 Å². The molecule has 3 aromatic rings. The zero-order valence-corrected chi connectivity index (χ0v) is 16.4. The summed E-state index contributed by atoms with van der Waals surface area (Å²) in [5.74, 6) is 0.254. The van der Waals surface area contributed by atoms with Gasteiger partial charge in [0.15, 0.2) is 0 Å². The molecule has 1 amide bonds. The zero-order valence-electron chi connectivity index (χ0n) is 16.4. The molecule has 3 rings (SSSR count). The van der Waals surface area contributed by atoms with Crippen LogP contribution in [0.1, 0.15) is 42.6 Å². The van der Waals surface area contributed by atoms with E-state index in [2.05, 4.69) is 53.5 Å². The van der Waals surface area contributed by atoms with E-state index in [0.29, 0.717) is 17.3 Å². The molecule has 0 spiro atoms. The van der Waals surface area contributed by atoms with Crippen LogP contribution in [0.4, 0.5) is 21.6 Å². The molecule has 0 saturated carbocycles. The highest BCUT2D eigenvalue weighted by molar-refractivity contribution is 6.03. The van der Waals surface area contributed by atoms with Gasteiger partial charge in [0.25, 0.3) is 5.91 Å². The smallest absolute Gasteiger partial charge is 0.274 e. The second kappa shape index (κ2) is 7.76. The molecule has 0 saturated heterocycles. The summed E-state index contributed by atoms with van der Waals surface area (Å²) in [6, 6.07) is 15.3. The maximum absolute atomic E-state index is 13.0. The molecule has 144 valence electrons. The van der Waals surface area contributed by atoms with Gasteiger partial charge in [0, 0.05) is 17.4 Å². The van der Waals surface area contributed by atoms with Crippen LogP contribution >= 0.6 is 0 Å². The summed E-state index contributed by atoms with van der Waals surface area (Å²) in [5.41, 5.74) is 2.91. The molecule has 0 atom stereocenters. The van der Waals surface area contributed by atoms with Gasteiger partial charge in [0.1, 0.15) is 23.2 Å². The minimum atomic E-state index is -0.386. The van der Waals surface area contributed by atoms with Gasteiger partial charge < -0.3 is 10.6 Å². The molecule has 0 unspecified atom stereocenters. The zero-order chi connectivity index (χ0) is 20.3. The fourth-order valence-corrected chi connectivity index (χ4v) is 2.68. The van der Waals surface area contributed by atoms with E-state index < -0.39 is 0 Å². The van der Waals surface area contributed by atoms with Crippen LogP contribution in [0.3, 0.4) is 0 Å². The minimum Gasteiger partial charge on any atom is -0.340 e. The average Bonchev–Trinajstić information content (AvgIpc) is 2.63. The number of hydrogen-bond donors (Lipinski definition) is 2. The van der Waals surface area contributed by atoms with E-state index >= 15 is 0 Å². The SMILES string of the molecule is Cc1nc(Nc2ccc(C(C)(C)C)cc2)cc(C(=O)Nc2ccc(F)cc2)n1. The molecule has 0 bridgehead atoms. The number of carbonyl (C=O) groups is 1. The van der Waals surface area contributed by atoms with E-state index in [4.69, 9.17) is 0 Å². The first-order chi connectivity index (χ1) is 13.2. The summed E-state index contributed by atoms with van der Waals surface area (Å²) in [5, 5.41) is 5.91. The number of amides is 1. The fourth-order valence-electron chi connectivity index (χ4n) is 2.68. The Morgan fingerprint density at radius 1 is 0.929 bits per heavy atom. The van der Waals surface area contributed by atoms with Gasteiger partial charge in [-0.2, -0.15) is 0 Å². The van der Waals surface area contributed by atoms with Crippen molar-refractivity contribution >= 4 is 23.1 Å². The fraction of sp³-hybridized carbons (Fsp3) is 0.227. The average molecular weight is 378 g/mol. The number of hydrogen-bond acceptors (Lipinski definition) is 4. The van der Waals surface area contributed by atoms with E-state index in [1.54, 1.807) is 13.0 Å². The van der Waals surface area contributed by atoms with Crippen LogP contribution in [-0.2, 0) is 5.41 Å². The molecule has 0 aliphatic heterocycles. The molecule has 2 N–H and O–H groups in total. The number of anilines is 3. The Bertz CT molecular complexity index is 977. The lowest BCUT2D eigenvalue weighted by Gasteiger charge is -2.19. The molecule has 2 aromatic carbocycles. The molecule has 5 nitrogen and oxygen atoms in total. The molecule has 0 radical (unpaired) electrons. The second-order valence-electron chi connectivity index (χ2n) is 7.60. The highest BCUT2D eigenvalue weighted by atomic mass is 19.1. The largest absolute Gasteiger partial charge is 0.340 e. The van der Waals surface area contributed by atoms with Crippen LogP contribution in [0.2, 0.25) is 0 Å². The number of aromatic nitrogens is 2. The van der Waals surface area contributed by atoms with Gasteiger partial charge in [-0.25, -0.2) is 14.4 Å². The predicted octanol–water partition coefficient (Wildman–Crippen LogP) is 5.22. The van der Waals surface area contributed by atoms with Crippen LogP contribution < -0.4 is 10.6 Å². The van der Waals surface area contributed by atoms with Gasteiger partial charge in [-0.15, -0.1) is 0 Å². The number of rotatable bonds is 4. The monoisotopic (exact) mass is 378 g/mol. The first-order valence-electron chi connectivity index (χ1n) is 9.01. The van der Waals surface area contributed by atoms with E-state index in [-0.39, 0.29) is 22.8 Å². The maximum Gasteiger partial charge on any atom is 0.274 e. The molecule has 28 heavy (non-hydrogen) atoms. The summed E-state index contributed by atoms with van der Waals surface area (Å²) in [7, 11) is 0. The molecule has 0 aliphatic rings. The van der Waals surface area contributed by atoms with E-state index in [9.17, 15) is 9.18 Å². The van der Waals surface area contributed by atoms with Crippen molar-refractivity contribution in [3.63, 3.8) is 0 Å². The summed E-state index contributed by atoms with van der Waals surface area (Å²) in [6.45, 7) is 8.21. The highest BCUT2D eigenvalue weighted by Gasteiger charge is 2.14. The van der Waals surface area contributed by atoms with Crippen molar-refractivity contribution in [3.8, 4) is 0 Å². The molecule has 6 heteroatoms. The van der Waals surface area contributed by atoms with Crippen molar-refractivity contribution in [2.75, 3.05) is 10.6 Å². The third kappa shape index (κ3) is 4.91. The van der Waals surface area contributed by atoms with Crippen LogP contribution in [0, 0.1) is 12.7 Å². The summed E-state index contributed by atoms with van der Waals surface area (Å²) in [6.07, 6.45) is 0. The van der Waals surface area contributed by atoms with Gasteiger partial charge in [0.05, 0.1) is 0 Å². The van der Waals surface area contributed by atoms with Gasteiger partial charge in [-0.05, 0) is 54.3 Å². The van der Waals surface area contributed by atoms with Crippen LogP contribution in [0.15, 0.2) is 54.6 Å². The lowest BCUT2D eigenvalue weighted by molar-refractivity contribution is 0.102. The molecule has 1 aromatic heterocycles. The molecule has 1 heterocycles. The quantitative estimate of drug-likeness (QED) is 0.653. The lowest BCUT2D eigenvalue weighted by atomic mass is 9.87. The Morgan fingerprint density at radius 2 is 1.54 bits per heavy atom. The van der Waals surface area contributed by atoms with Crippen molar-refractivity contribution in [2.24, 2.45) is 0 Å². The van der Waals surface area contributed by atoms with Crippen molar-refractivity contribution in [1.29, 1.82) is 0 Å². The molecular formula is C22H23FN4O. The number of aryl methyl sites for hydroxylation is 1. The summed E-state index contributed by atoms with van der Waals surface area (Å²) >= 11 is 0. The van der Waals surface area contributed by atoms with Gasteiger partial charge >= 0.3 is 0 Å². The number of nitrogens with one attached hydrogen (secondary N) is 2. The predicted molar refractivity (Wildman–Crippen MR) is 110 cm³/mol. The number of nitrogens with zero attached hydrogens (tertiary/aromatic N) is 2.